The predicted molar refractivity (Wildman–Crippen MR) is 126 cm³/mol. The molecule has 2 aromatic rings. The van der Waals surface area contributed by atoms with Gasteiger partial charge in [-0.15, -0.1) is 0 Å². The Labute approximate surface area is 191 Å². The average molecular weight is 438 g/mol. The summed E-state index contributed by atoms with van der Waals surface area (Å²) in [6, 6.07) is 11.5. The highest BCUT2D eigenvalue weighted by molar-refractivity contribution is 5.89. The second-order valence-electron chi connectivity index (χ2n) is 8.94. The molecule has 172 valence electrons. The van der Waals surface area contributed by atoms with Crippen molar-refractivity contribution in [3.8, 4) is 11.5 Å². The fourth-order valence-corrected chi connectivity index (χ4v) is 4.66. The number of nitrogens with one attached hydrogen (secondary N) is 1. The van der Waals surface area contributed by atoms with Crippen LogP contribution in [0.1, 0.15) is 57.8 Å². The van der Waals surface area contributed by atoms with Crippen molar-refractivity contribution in [3.05, 3.63) is 48.8 Å². The first-order valence-corrected chi connectivity index (χ1v) is 12.1. The minimum absolute atomic E-state index is 0.0820. The number of rotatable bonds is 8. The molecule has 1 aliphatic heterocycles. The van der Waals surface area contributed by atoms with Crippen molar-refractivity contribution < 1.29 is 14.3 Å². The summed E-state index contributed by atoms with van der Waals surface area (Å²) in [6.45, 7) is 2.15. The van der Waals surface area contributed by atoms with Crippen LogP contribution in [0.4, 0.5) is 10.5 Å². The molecule has 4 rings (SSSR count). The van der Waals surface area contributed by atoms with Gasteiger partial charge in [0.25, 0.3) is 0 Å². The fraction of sp³-hybridized carbons (Fsp3) is 0.538. The molecule has 0 spiro atoms. The van der Waals surface area contributed by atoms with Gasteiger partial charge in [-0.3, -0.25) is 4.98 Å². The molecule has 2 heterocycles. The van der Waals surface area contributed by atoms with Crippen LogP contribution in [-0.4, -0.2) is 41.7 Å². The molecule has 1 saturated heterocycles. The molecule has 1 aromatic heterocycles. The number of piperidine rings is 1. The summed E-state index contributed by atoms with van der Waals surface area (Å²) in [6.07, 6.45) is 14.6. The molecule has 0 radical (unpaired) electrons. The van der Waals surface area contributed by atoms with Gasteiger partial charge in [0, 0.05) is 32.1 Å². The molecular weight excluding hydrogens is 402 g/mol. The van der Waals surface area contributed by atoms with Gasteiger partial charge in [0.2, 0.25) is 0 Å². The Morgan fingerprint density at radius 1 is 1.00 bits per heavy atom. The molecule has 0 unspecified atom stereocenters. The van der Waals surface area contributed by atoms with Crippen LogP contribution in [0.15, 0.2) is 48.8 Å². The number of amides is 2. The van der Waals surface area contributed by atoms with E-state index >= 15 is 0 Å². The lowest BCUT2D eigenvalue weighted by Crippen LogP contribution is -2.43. The van der Waals surface area contributed by atoms with Gasteiger partial charge in [-0.1, -0.05) is 32.1 Å². The number of benzene rings is 1. The van der Waals surface area contributed by atoms with Gasteiger partial charge in [-0.2, -0.15) is 0 Å². The van der Waals surface area contributed by atoms with Crippen LogP contribution in [0, 0.1) is 5.92 Å². The highest BCUT2D eigenvalue weighted by atomic mass is 16.5. The van der Waals surface area contributed by atoms with E-state index in [4.69, 9.17) is 9.47 Å². The van der Waals surface area contributed by atoms with Gasteiger partial charge < -0.3 is 19.7 Å². The molecule has 0 bridgehead atoms. The van der Waals surface area contributed by atoms with Crippen LogP contribution in [0.3, 0.4) is 0 Å². The van der Waals surface area contributed by atoms with Crippen LogP contribution in [0.5, 0.6) is 11.5 Å². The van der Waals surface area contributed by atoms with Gasteiger partial charge in [-0.25, -0.2) is 4.79 Å². The number of anilines is 1. The number of hydrogen-bond donors (Lipinski definition) is 1. The maximum Gasteiger partial charge on any atom is 0.321 e. The number of pyridine rings is 1. The molecule has 2 aliphatic rings. The van der Waals surface area contributed by atoms with E-state index in [1.807, 2.05) is 41.3 Å². The predicted octanol–water partition coefficient (Wildman–Crippen LogP) is 5.90. The Balaban J connectivity index is 1.13. The fourth-order valence-electron chi connectivity index (χ4n) is 4.66. The Morgan fingerprint density at radius 3 is 2.47 bits per heavy atom. The molecule has 6 heteroatoms. The zero-order chi connectivity index (χ0) is 22.0. The standard InChI is InChI=1S/C26H35N3O3/c30-26(28-22-9-4-16-27-20-22)29-17-14-25(15-18-29)32-24-12-10-23(11-13-24)31-19-5-8-21-6-2-1-3-7-21/h4,9-13,16,20-21,25H,1-3,5-8,14-15,17-19H2,(H,28,30). The zero-order valence-electron chi connectivity index (χ0n) is 18.9. The van der Waals surface area contributed by atoms with Gasteiger partial charge in [0.05, 0.1) is 18.5 Å². The summed E-state index contributed by atoms with van der Waals surface area (Å²) >= 11 is 0. The number of urea groups is 1. The van der Waals surface area contributed by atoms with Crippen LogP contribution in [0.2, 0.25) is 0 Å². The van der Waals surface area contributed by atoms with Crippen molar-refractivity contribution >= 4 is 11.7 Å². The Hall–Kier alpha value is -2.76. The third kappa shape index (κ3) is 6.87. The summed E-state index contributed by atoms with van der Waals surface area (Å²) in [5.41, 5.74) is 0.715. The maximum absolute atomic E-state index is 12.4. The molecule has 1 saturated carbocycles. The first kappa shape index (κ1) is 22.4. The lowest BCUT2D eigenvalue weighted by molar-refractivity contribution is 0.115. The summed E-state index contributed by atoms with van der Waals surface area (Å²) in [5.74, 6) is 2.68. The quantitative estimate of drug-likeness (QED) is 0.523. The lowest BCUT2D eigenvalue weighted by atomic mass is 9.86. The molecule has 32 heavy (non-hydrogen) atoms. The van der Waals surface area contributed by atoms with Crippen LogP contribution in [0.25, 0.3) is 0 Å². The minimum atomic E-state index is -0.0820. The maximum atomic E-state index is 12.4. The number of ether oxygens (including phenoxy) is 2. The van der Waals surface area contributed by atoms with Crippen molar-refractivity contribution in [1.29, 1.82) is 0 Å². The van der Waals surface area contributed by atoms with Crippen LogP contribution < -0.4 is 14.8 Å². The smallest absolute Gasteiger partial charge is 0.321 e. The summed E-state index contributed by atoms with van der Waals surface area (Å²) in [7, 11) is 0. The molecular formula is C26H35N3O3. The first-order chi connectivity index (χ1) is 15.8. The van der Waals surface area contributed by atoms with Crippen LogP contribution >= 0.6 is 0 Å². The number of nitrogens with zero attached hydrogens (tertiary/aromatic N) is 2. The van der Waals surface area contributed by atoms with E-state index in [0.717, 1.165) is 43.3 Å². The number of aromatic nitrogens is 1. The highest BCUT2D eigenvalue weighted by Gasteiger charge is 2.24. The zero-order valence-corrected chi connectivity index (χ0v) is 18.9. The highest BCUT2D eigenvalue weighted by Crippen LogP contribution is 2.27. The Bertz CT molecular complexity index is 814. The van der Waals surface area contributed by atoms with E-state index in [9.17, 15) is 4.79 Å². The summed E-state index contributed by atoms with van der Waals surface area (Å²) in [5, 5.41) is 2.89. The van der Waals surface area contributed by atoms with E-state index in [1.54, 1.807) is 12.4 Å². The summed E-state index contributed by atoms with van der Waals surface area (Å²) in [4.78, 5) is 18.3. The largest absolute Gasteiger partial charge is 0.494 e. The normalized spacial score (nSPS) is 17.7. The van der Waals surface area contributed by atoms with Gasteiger partial charge in [0.15, 0.2) is 0 Å². The SMILES string of the molecule is O=C(Nc1cccnc1)N1CCC(Oc2ccc(OCCCC3CCCCC3)cc2)CC1. The van der Waals surface area contributed by atoms with Crippen molar-refractivity contribution in [3.63, 3.8) is 0 Å². The molecule has 2 amide bonds. The third-order valence-corrected chi connectivity index (χ3v) is 6.52. The van der Waals surface area contributed by atoms with Gasteiger partial charge in [0.1, 0.15) is 17.6 Å². The summed E-state index contributed by atoms with van der Waals surface area (Å²) < 4.78 is 12.1. The van der Waals surface area contributed by atoms with Crippen LogP contribution in [-0.2, 0) is 0 Å². The molecule has 0 atom stereocenters. The Morgan fingerprint density at radius 2 is 1.75 bits per heavy atom. The number of hydrogen-bond acceptors (Lipinski definition) is 4. The molecule has 1 N–H and O–H groups in total. The van der Waals surface area contributed by atoms with Crippen molar-refractivity contribution in [1.82, 2.24) is 9.88 Å². The minimum Gasteiger partial charge on any atom is -0.494 e. The number of likely N-dealkylation sites (tertiary alicyclic amines) is 1. The monoisotopic (exact) mass is 437 g/mol. The molecule has 2 fully saturated rings. The van der Waals surface area contributed by atoms with Crippen molar-refractivity contribution in [2.24, 2.45) is 5.92 Å². The average Bonchev–Trinajstić information content (AvgIpc) is 2.84. The topological polar surface area (TPSA) is 63.7 Å². The lowest BCUT2D eigenvalue weighted by Gasteiger charge is -2.32. The first-order valence-electron chi connectivity index (χ1n) is 12.1. The number of carbonyl (C=O) groups excluding carboxylic acids is 1. The second kappa shape index (κ2) is 11.7. The van der Waals surface area contributed by atoms with E-state index in [2.05, 4.69) is 10.3 Å². The van der Waals surface area contributed by atoms with Crippen molar-refractivity contribution in [2.75, 3.05) is 25.0 Å². The van der Waals surface area contributed by atoms with E-state index in [-0.39, 0.29) is 12.1 Å². The molecule has 1 aromatic carbocycles. The van der Waals surface area contributed by atoms with Crippen molar-refractivity contribution in [2.45, 2.75) is 63.9 Å². The van der Waals surface area contributed by atoms with E-state index in [0.29, 0.717) is 18.8 Å². The Kier molecular flexibility index (Phi) is 8.23. The third-order valence-electron chi connectivity index (χ3n) is 6.52. The number of carbonyl (C=O) groups is 1. The van der Waals surface area contributed by atoms with E-state index < -0.39 is 0 Å². The molecule has 6 nitrogen and oxygen atoms in total. The molecule has 1 aliphatic carbocycles. The van der Waals surface area contributed by atoms with E-state index in [1.165, 1.54) is 38.5 Å². The second-order valence-corrected chi connectivity index (χ2v) is 8.94. The van der Waals surface area contributed by atoms with Gasteiger partial charge >= 0.3 is 6.03 Å². The van der Waals surface area contributed by atoms with Gasteiger partial charge in [-0.05, 0) is 55.2 Å².